The Kier molecular flexibility index (Phi) is 6.91. The van der Waals surface area contributed by atoms with Crippen LogP contribution >= 0.6 is 34.8 Å². The van der Waals surface area contributed by atoms with E-state index in [1.54, 1.807) is 14.2 Å². The summed E-state index contributed by atoms with van der Waals surface area (Å²) in [6.45, 7) is 3.57. The number of methoxy groups -OCH3 is 2. The topological polar surface area (TPSA) is 63.6 Å². The molecule has 0 bridgehead atoms. The fourth-order valence-corrected chi connectivity index (χ4v) is 3.49. The molecule has 1 unspecified atom stereocenters. The second kappa shape index (κ2) is 9.03. The number of aromatic nitrogens is 3. The molecule has 0 aromatic carbocycles. The molecule has 1 fully saturated rings. The highest BCUT2D eigenvalue weighted by Gasteiger charge is 2.31. The Bertz CT molecular complexity index is 766. The first-order valence-corrected chi connectivity index (χ1v) is 10.2. The van der Waals surface area contributed by atoms with Crippen molar-refractivity contribution in [2.75, 3.05) is 52.3 Å². The van der Waals surface area contributed by atoms with Gasteiger partial charge in [0.05, 0.1) is 14.2 Å². The van der Waals surface area contributed by atoms with Gasteiger partial charge in [0.2, 0.25) is 9.74 Å². The predicted molar refractivity (Wildman–Crippen MR) is 111 cm³/mol. The Hall–Kier alpha value is -1.28. The second-order valence-electron chi connectivity index (χ2n) is 6.86. The van der Waals surface area contributed by atoms with Gasteiger partial charge in [0, 0.05) is 38.0 Å². The van der Waals surface area contributed by atoms with E-state index in [0.29, 0.717) is 24.0 Å². The van der Waals surface area contributed by atoms with Gasteiger partial charge in [-0.1, -0.05) is 34.8 Å². The highest BCUT2D eigenvalue weighted by molar-refractivity contribution is 6.66. The van der Waals surface area contributed by atoms with Crippen LogP contribution in [0.15, 0.2) is 23.7 Å². The number of hydrogen-bond acceptors (Lipinski definition) is 7. The molecule has 1 aliphatic heterocycles. The number of alkyl halides is 3. The van der Waals surface area contributed by atoms with Crippen molar-refractivity contribution in [3.8, 4) is 0 Å². The lowest BCUT2D eigenvalue weighted by Gasteiger charge is -2.24. The molecule has 2 heterocycles. The molecule has 7 nitrogen and oxygen atoms in total. The van der Waals surface area contributed by atoms with Crippen LogP contribution in [0.3, 0.4) is 0 Å². The first-order chi connectivity index (χ1) is 13.3. The molecule has 1 aromatic rings. The van der Waals surface area contributed by atoms with E-state index < -0.39 is 3.79 Å². The van der Waals surface area contributed by atoms with Crippen molar-refractivity contribution in [3.05, 3.63) is 35.3 Å². The van der Waals surface area contributed by atoms with Gasteiger partial charge in [0.15, 0.2) is 5.82 Å². The van der Waals surface area contributed by atoms with Crippen LogP contribution in [-0.2, 0) is 13.3 Å². The maximum absolute atomic E-state index is 6.12. The average molecular weight is 449 g/mol. The van der Waals surface area contributed by atoms with Crippen LogP contribution in [0.1, 0.15) is 30.4 Å². The maximum Gasteiger partial charge on any atom is 0.250 e. The summed E-state index contributed by atoms with van der Waals surface area (Å²) in [4.78, 5) is 18.0. The van der Waals surface area contributed by atoms with Crippen molar-refractivity contribution in [1.82, 2.24) is 19.9 Å². The van der Waals surface area contributed by atoms with Crippen LogP contribution in [0.4, 0.5) is 5.95 Å². The van der Waals surface area contributed by atoms with Gasteiger partial charge in [-0.25, -0.2) is 4.98 Å². The molecule has 10 heteroatoms. The molecule has 1 saturated heterocycles. The molecule has 0 amide bonds. The molecule has 2 aliphatic rings. The van der Waals surface area contributed by atoms with Crippen molar-refractivity contribution in [3.63, 3.8) is 0 Å². The van der Waals surface area contributed by atoms with Crippen molar-refractivity contribution in [1.29, 1.82) is 0 Å². The van der Waals surface area contributed by atoms with Gasteiger partial charge in [-0.15, -0.1) is 0 Å². The van der Waals surface area contributed by atoms with Crippen molar-refractivity contribution >= 4 is 40.8 Å². The third kappa shape index (κ3) is 5.20. The number of nitrogens with zero attached hydrogens (tertiary/aromatic N) is 5. The lowest BCUT2D eigenvalue weighted by Crippen LogP contribution is -2.31. The Balaban J connectivity index is 1.99. The molecule has 28 heavy (non-hydrogen) atoms. The fourth-order valence-electron chi connectivity index (χ4n) is 3.24. The van der Waals surface area contributed by atoms with Gasteiger partial charge in [0.1, 0.15) is 17.3 Å². The molecule has 1 aliphatic carbocycles. The lowest BCUT2D eigenvalue weighted by atomic mass is 9.97. The number of hydrogen-bond donors (Lipinski definition) is 0. The number of allylic oxidation sites excluding steroid dienone is 3. The van der Waals surface area contributed by atoms with Crippen molar-refractivity contribution in [2.45, 2.75) is 22.6 Å². The van der Waals surface area contributed by atoms with E-state index in [0.717, 1.165) is 38.4 Å². The number of anilines is 1. The van der Waals surface area contributed by atoms with E-state index in [4.69, 9.17) is 49.3 Å². The normalized spacial score (nSPS) is 21.6. The lowest BCUT2D eigenvalue weighted by molar-refractivity contribution is 0.252. The van der Waals surface area contributed by atoms with E-state index in [2.05, 4.69) is 26.8 Å². The standard InChI is InChI=1S/C18H24Cl3N5O2/c1-25-5-4-6-26(8-7-25)17-23-15(22-16(24-17)18(19,20)21)12-9-13(27-2)11-14(10-12)28-3/h9,11-12H,4-8,10H2,1-3H3. The third-order valence-corrected chi connectivity index (χ3v) is 5.32. The molecule has 1 aromatic heterocycles. The van der Waals surface area contributed by atoms with Crippen LogP contribution in [0.25, 0.3) is 0 Å². The van der Waals surface area contributed by atoms with Gasteiger partial charge in [-0.3, -0.25) is 0 Å². The summed E-state index contributed by atoms with van der Waals surface area (Å²) in [5.74, 6) is 2.47. The summed E-state index contributed by atoms with van der Waals surface area (Å²) < 4.78 is 9.07. The largest absolute Gasteiger partial charge is 0.501 e. The molecule has 3 rings (SSSR count). The van der Waals surface area contributed by atoms with Gasteiger partial charge in [-0.05, 0) is 26.1 Å². The van der Waals surface area contributed by atoms with Crippen molar-refractivity contribution < 1.29 is 9.47 Å². The predicted octanol–water partition coefficient (Wildman–Crippen LogP) is 3.39. The Labute approximate surface area is 180 Å². The second-order valence-corrected chi connectivity index (χ2v) is 9.14. The third-order valence-electron chi connectivity index (χ3n) is 4.82. The maximum atomic E-state index is 6.12. The summed E-state index contributed by atoms with van der Waals surface area (Å²) in [5.41, 5.74) is 0. The zero-order valence-electron chi connectivity index (χ0n) is 16.2. The summed E-state index contributed by atoms with van der Waals surface area (Å²) >= 11 is 18.4. The zero-order chi connectivity index (χ0) is 20.3. The Morgan fingerprint density at radius 1 is 1.04 bits per heavy atom. The minimum Gasteiger partial charge on any atom is -0.501 e. The molecular weight excluding hydrogens is 425 g/mol. The van der Waals surface area contributed by atoms with Crippen LogP contribution in [-0.4, -0.2) is 67.3 Å². The molecule has 0 spiro atoms. The minimum absolute atomic E-state index is 0.121. The first-order valence-electron chi connectivity index (χ1n) is 9.07. The van der Waals surface area contributed by atoms with Crippen LogP contribution < -0.4 is 4.90 Å². The molecule has 0 radical (unpaired) electrons. The van der Waals surface area contributed by atoms with Gasteiger partial charge >= 0.3 is 0 Å². The van der Waals surface area contributed by atoms with Gasteiger partial charge in [-0.2, -0.15) is 9.97 Å². The van der Waals surface area contributed by atoms with E-state index in [1.807, 2.05) is 12.2 Å². The van der Waals surface area contributed by atoms with Crippen LogP contribution in [0.5, 0.6) is 0 Å². The van der Waals surface area contributed by atoms with E-state index in [-0.39, 0.29) is 11.7 Å². The quantitative estimate of drug-likeness (QED) is 0.654. The highest BCUT2D eigenvalue weighted by atomic mass is 35.6. The van der Waals surface area contributed by atoms with E-state index in [1.165, 1.54) is 0 Å². The van der Waals surface area contributed by atoms with E-state index >= 15 is 0 Å². The monoisotopic (exact) mass is 447 g/mol. The summed E-state index contributed by atoms with van der Waals surface area (Å²) in [5, 5.41) is 0. The zero-order valence-corrected chi connectivity index (χ0v) is 18.4. The van der Waals surface area contributed by atoms with Crippen molar-refractivity contribution in [2.24, 2.45) is 0 Å². The fraction of sp³-hybridized carbons (Fsp3) is 0.611. The van der Waals surface area contributed by atoms with Crippen LogP contribution in [0.2, 0.25) is 0 Å². The Morgan fingerprint density at radius 3 is 2.50 bits per heavy atom. The number of halogens is 3. The van der Waals surface area contributed by atoms with Crippen LogP contribution in [0, 0.1) is 0 Å². The molecule has 0 saturated carbocycles. The SMILES string of the molecule is COC1=CC(c2nc(N3CCCN(C)CC3)nc(C(Cl)(Cl)Cl)n2)CC(OC)=C1. The molecular formula is C18H24Cl3N5O2. The summed E-state index contributed by atoms with van der Waals surface area (Å²) in [6.07, 6.45) is 5.39. The number of likely N-dealkylation sites (N-methyl/N-ethyl adjacent to an activating group) is 1. The summed E-state index contributed by atoms with van der Waals surface area (Å²) in [6, 6.07) is 0. The smallest absolute Gasteiger partial charge is 0.250 e. The Morgan fingerprint density at radius 2 is 1.82 bits per heavy atom. The highest BCUT2D eigenvalue weighted by Crippen LogP contribution is 2.38. The molecule has 1 atom stereocenters. The summed E-state index contributed by atoms with van der Waals surface area (Å²) in [7, 11) is 5.34. The van der Waals surface area contributed by atoms with Gasteiger partial charge in [0.25, 0.3) is 0 Å². The number of ether oxygens (including phenoxy) is 2. The average Bonchev–Trinajstić information content (AvgIpc) is 2.91. The number of rotatable bonds is 4. The van der Waals surface area contributed by atoms with Gasteiger partial charge < -0.3 is 19.3 Å². The van der Waals surface area contributed by atoms with E-state index in [9.17, 15) is 0 Å². The molecule has 154 valence electrons. The molecule has 0 N–H and O–H groups in total. The minimum atomic E-state index is -1.74. The first kappa shape index (κ1) is 21.4.